The summed E-state index contributed by atoms with van der Waals surface area (Å²) in [6.45, 7) is 8.72. The van der Waals surface area contributed by atoms with E-state index in [1.54, 1.807) is 59.4 Å². The number of ether oxygens (including phenoxy) is 8. The molecular formula is C45H60N6O10. The summed E-state index contributed by atoms with van der Waals surface area (Å²) in [5.74, 6) is 4.25. The van der Waals surface area contributed by atoms with Crippen LogP contribution in [-0.4, -0.2) is 110 Å². The lowest BCUT2D eigenvalue weighted by molar-refractivity contribution is 0.0278. The molecule has 3 aromatic carbocycles. The van der Waals surface area contributed by atoms with Gasteiger partial charge in [-0.05, 0) is 69.2 Å². The minimum atomic E-state index is -0.604. The van der Waals surface area contributed by atoms with Crippen molar-refractivity contribution in [3.63, 3.8) is 0 Å². The van der Waals surface area contributed by atoms with Crippen LogP contribution in [-0.2, 0) is 24.2 Å². The molecule has 1 N–H and O–H groups in total. The number of benzene rings is 3. The van der Waals surface area contributed by atoms with Crippen molar-refractivity contribution in [1.29, 1.82) is 0 Å². The minimum Gasteiger partial charge on any atom is -0.497 e. The van der Waals surface area contributed by atoms with Gasteiger partial charge in [-0.1, -0.05) is 13.3 Å². The number of likely N-dealkylation sites (N-methyl/N-ethyl adjacent to an activating group) is 1. The maximum absolute atomic E-state index is 12.5. The van der Waals surface area contributed by atoms with Gasteiger partial charge in [0.25, 0.3) is 0 Å². The van der Waals surface area contributed by atoms with Crippen LogP contribution in [0.5, 0.6) is 40.5 Å². The van der Waals surface area contributed by atoms with Crippen LogP contribution < -0.4 is 38.1 Å². The number of methoxy groups -OCH3 is 5. The van der Waals surface area contributed by atoms with E-state index in [-0.39, 0.29) is 25.3 Å². The monoisotopic (exact) mass is 844 g/mol. The number of carbonyl (C=O) groups is 1. The van der Waals surface area contributed by atoms with E-state index in [0.717, 1.165) is 28.8 Å². The van der Waals surface area contributed by atoms with Crippen LogP contribution in [0.2, 0.25) is 0 Å². The minimum absolute atomic E-state index is 0.0473. The number of amides is 1. The summed E-state index contributed by atoms with van der Waals surface area (Å²) in [6, 6.07) is 17.1. The Morgan fingerprint density at radius 3 is 2.00 bits per heavy atom. The van der Waals surface area contributed by atoms with Gasteiger partial charge >= 0.3 is 12.1 Å². The molecular weight excluding hydrogens is 785 g/mol. The number of aliphatic hydroxyl groups is 1. The van der Waals surface area contributed by atoms with Crippen LogP contribution in [0.25, 0.3) is 5.65 Å². The number of hydrogen-bond acceptors (Lipinski definition) is 14. The second kappa shape index (κ2) is 21.4. The molecule has 330 valence electrons. The number of fused-ring (bicyclic) bond motifs is 1. The van der Waals surface area contributed by atoms with Crippen LogP contribution in [0.1, 0.15) is 69.3 Å². The number of nitrogens with zero attached hydrogens (tertiary/aromatic N) is 6. The first-order valence-corrected chi connectivity index (χ1v) is 20.3. The Bertz CT molecular complexity index is 2140. The quantitative estimate of drug-likeness (QED) is 0.0749. The molecule has 16 heteroatoms. The third kappa shape index (κ3) is 12.4. The van der Waals surface area contributed by atoms with Gasteiger partial charge in [0.2, 0.25) is 0 Å². The topological polar surface area (TPSA) is 161 Å². The Balaban J connectivity index is 1.58. The van der Waals surface area contributed by atoms with Gasteiger partial charge < -0.3 is 52.8 Å². The predicted octanol–water partition coefficient (Wildman–Crippen LogP) is 7.14. The molecule has 0 bridgehead atoms. The van der Waals surface area contributed by atoms with Crippen molar-refractivity contribution in [3.8, 4) is 40.5 Å². The average Bonchev–Trinajstić information content (AvgIpc) is 3.64. The van der Waals surface area contributed by atoms with Gasteiger partial charge in [-0.15, -0.1) is 5.10 Å². The second-order valence-electron chi connectivity index (χ2n) is 15.4. The Hall–Kier alpha value is -6.16. The molecule has 0 unspecified atom stereocenters. The van der Waals surface area contributed by atoms with Gasteiger partial charge in [0.1, 0.15) is 52.8 Å². The SMILES string of the molecule is CCC[C@H](CCO)Oc1nc(N(Cc2ccc(OC)cc2OC)Cc2ccc(OC)cc2OC)c2ncc(Cc3cc(OC)cc(OCCN(C)C(=O)OC(C)(C)C)c3)n2n1. The summed E-state index contributed by atoms with van der Waals surface area (Å²) >= 11 is 0. The van der Waals surface area contributed by atoms with E-state index in [2.05, 4.69) is 11.8 Å². The molecule has 16 nitrogen and oxygen atoms in total. The van der Waals surface area contributed by atoms with Gasteiger partial charge in [-0.25, -0.2) is 14.3 Å². The number of carbonyl (C=O) groups excluding carboxylic acids is 1. The lowest BCUT2D eigenvalue weighted by atomic mass is 10.1. The molecule has 5 aromatic rings. The lowest BCUT2D eigenvalue weighted by Crippen LogP contribution is -2.36. The largest absolute Gasteiger partial charge is 0.497 e. The Morgan fingerprint density at radius 2 is 1.44 bits per heavy atom. The number of hydrogen-bond donors (Lipinski definition) is 1. The van der Waals surface area contributed by atoms with E-state index >= 15 is 0 Å². The molecule has 0 saturated heterocycles. The van der Waals surface area contributed by atoms with Gasteiger partial charge in [0, 0.05) is 68.9 Å². The normalized spacial score (nSPS) is 11.8. The van der Waals surface area contributed by atoms with E-state index in [9.17, 15) is 9.90 Å². The van der Waals surface area contributed by atoms with E-state index in [1.165, 1.54) is 4.90 Å². The van der Waals surface area contributed by atoms with Crippen LogP contribution in [0.4, 0.5) is 10.6 Å². The first kappa shape index (κ1) is 45.9. The molecule has 0 aliphatic rings. The summed E-state index contributed by atoms with van der Waals surface area (Å²) in [6.07, 6.45) is 3.36. The van der Waals surface area contributed by atoms with E-state index in [4.69, 9.17) is 53.0 Å². The highest BCUT2D eigenvalue weighted by atomic mass is 16.6. The molecule has 0 fully saturated rings. The summed E-state index contributed by atoms with van der Waals surface area (Å²) in [7, 11) is 9.74. The number of anilines is 1. The number of aromatic nitrogens is 4. The van der Waals surface area contributed by atoms with Crippen molar-refractivity contribution in [1.82, 2.24) is 24.5 Å². The average molecular weight is 845 g/mol. The second-order valence-corrected chi connectivity index (χ2v) is 15.4. The molecule has 0 spiro atoms. The molecule has 2 heterocycles. The molecule has 0 aliphatic carbocycles. The van der Waals surface area contributed by atoms with Gasteiger partial charge in [-0.3, -0.25) is 0 Å². The van der Waals surface area contributed by atoms with Crippen molar-refractivity contribution in [2.24, 2.45) is 0 Å². The number of aliphatic hydroxyl groups excluding tert-OH is 1. The Labute approximate surface area is 358 Å². The number of imidazole rings is 1. The zero-order chi connectivity index (χ0) is 44.1. The van der Waals surface area contributed by atoms with Crippen molar-refractivity contribution in [2.75, 3.05) is 67.3 Å². The highest BCUT2D eigenvalue weighted by molar-refractivity contribution is 5.68. The van der Waals surface area contributed by atoms with Crippen molar-refractivity contribution < 1.29 is 47.8 Å². The fourth-order valence-electron chi connectivity index (χ4n) is 6.61. The molecule has 0 aliphatic heterocycles. The fourth-order valence-corrected chi connectivity index (χ4v) is 6.61. The van der Waals surface area contributed by atoms with Crippen molar-refractivity contribution >= 4 is 17.6 Å². The molecule has 1 amide bonds. The highest BCUT2D eigenvalue weighted by Gasteiger charge is 2.25. The summed E-state index contributed by atoms with van der Waals surface area (Å²) in [5.41, 5.74) is 3.23. The Morgan fingerprint density at radius 1 is 0.820 bits per heavy atom. The van der Waals surface area contributed by atoms with Crippen molar-refractivity contribution in [3.05, 3.63) is 83.2 Å². The van der Waals surface area contributed by atoms with Crippen LogP contribution in [0.3, 0.4) is 0 Å². The molecule has 0 radical (unpaired) electrons. The van der Waals surface area contributed by atoms with Crippen LogP contribution >= 0.6 is 0 Å². The predicted molar refractivity (Wildman–Crippen MR) is 231 cm³/mol. The van der Waals surface area contributed by atoms with Crippen LogP contribution in [0.15, 0.2) is 60.8 Å². The van der Waals surface area contributed by atoms with E-state index in [0.29, 0.717) is 84.9 Å². The maximum atomic E-state index is 12.5. The number of rotatable bonds is 22. The summed E-state index contributed by atoms with van der Waals surface area (Å²) < 4.78 is 48.2. The van der Waals surface area contributed by atoms with Gasteiger partial charge in [0.05, 0.1) is 54.0 Å². The fraction of sp³-hybridized carbons (Fsp3) is 0.467. The molecule has 0 saturated carbocycles. The summed E-state index contributed by atoms with van der Waals surface area (Å²) in [5, 5.41) is 14.8. The maximum Gasteiger partial charge on any atom is 0.410 e. The van der Waals surface area contributed by atoms with Crippen molar-refractivity contribution in [2.45, 2.75) is 78.2 Å². The van der Waals surface area contributed by atoms with Gasteiger partial charge in [-0.2, -0.15) is 4.98 Å². The highest BCUT2D eigenvalue weighted by Crippen LogP contribution is 2.34. The van der Waals surface area contributed by atoms with E-state index < -0.39 is 11.7 Å². The third-order valence-electron chi connectivity index (χ3n) is 9.70. The molecule has 5 rings (SSSR count). The zero-order valence-electron chi connectivity index (χ0n) is 37.0. The zero-order valence-corrected chi connectivity index (χ0v) is 37.0. The standard InChI is InChI=1S/C45H60N6O10/c1-11-12-34(17-19-52)60-43-47-42(50(28-31-13-15-35(54-6)25-39(31)57-9)29-32-14-16-36(55-7)26-40(32)58-10)41-46-27-33(51(41)48-43)21-30-22-37(56-8)24-38(23-30)59-20-18-49(5)44(53)61-45(2,3)4/h13-16,22-27,34,52H,11-12,17-21,28-29H2,1-10H3/t34-/m1/s1. The molecule has 61 heavy (non-hydrogen) atoms. The van der Waals surface area contributed by atoms with E-state index in [1.807, 2.05) is 69.3 Å². The smallest absolute Gasteiger partial charge is 0.410 e. The Kier molecular flexibility index (Phi) is 16.1. The van der Waals surface area contributed by atoms with Crippen LogP contribution in [0, 0.1) is 0 Å². The summed E-state index contributed by atoms with van der Waals surface area (Å²) in [4.78, 5) is 26.0. The molecule has 1 atom stereocenters. The first-order valence-electron chi connectivity index (χ1n) is 20.3. The van der Waals surface area contributed by atoms with Gasteiger partial charge in [0.15, 0.2) is 11.5 Å². The first-order chi connectivity index (χ1) is 29.3. The lowest BCUT2D eigenvalue weighted by Gasteiger charge is -2.27. The third-order valence-corrected chi connectivity index (χ3v) is 9.70. The molecule has 2 aromatic heterocycles.